The van der Waals surface area contributed by atoms with Crippen LogP contribution in [0.1, 0.15) is 26.7 Å². The van der Waals surface area contributed by atoms with Crippen LogP contribution >= 0.6 is 0 Å². The molecule has 0 bridgehead atoms. The Hall–Kier alpha value is -1.26. The van der Waals surface area contributed by atoms with E-state index in [0.29, 0.717) is 0 Å². The van der Waals surface area contributed by atoms with Crippen molar-refractivity contribution in [1.29, 1.82) is 0 Å². The summed E-state index contributed by atoms with van der Waals surface area (Å²) in [7, 11) is 0. The van der Waals surface area contributed by atoms with Gasteiger partial charge < -0.3 is 34.3 Å². The van der Waals surface area contributed by atoms with Crippen LogP contribution in [0.15, 0.2) is 0 Å². The highest BCUT2D eigenvalue weighted by atomic mass is 16.6. The first kappa shape index (κ1) is 22.7. The third kappa shape index (κ3) is 13.2. The second-order valence-electron chi connectivity index (χ2n) is 5.11. The molecule has 0 aliphatic carbocycles. The van der Waals surface area contributed by atoms with Crippen LogP contribution in [-0.2, 0) is 28.5 Å². The lowest BCUT2D eigenvalue weighted by Gasteiger charge is -2.16. The number of aliphatic hydroxyl groups is 3. The molecule has 142 valence electrons. The molecule has 0 aliphatic rings. The van der Waals surface area contributed by atoms with E-state index in [1.54, 1.807) is 13.8 Å². The molecule has 24 heavy (non-hydrogen) atoms. The maximum atomic E-state index is 10.9. The van der Waals surface area contributed by atoms with E-state index >= 15 is 0 Å². The number of carbonyl (C=O) groups excluding carboxylic acids is 2. The summed E-state index contributed by atoms with van der Waals surface area (Å²) >= 11 is 0. The van der Waals surface area contributed by atoms with Crippen molar-refractivity contribution in [2.75, 3.05) is 39.6 Å². The number of aliphatic hydroxyl groups excluding tert-OH is 3. The van der Waals surface area contributed by atoms with E-state index in [1.165, 1.54) is 0 Å². The molecule has 0 aromatic carbocycles. The molecule has 0 radical (unpaired) electrons. The molecule has 0 fully saturated rings. The van der Waals surface area contributed by atoms with Crippen molar-refractivity contribution in [3.05, 3.63) is 0 Å². The van der Waals surface area contributed by atoms with Crippen molar-refractivity contribution < 1.29 is 43.9 Å². The zero-order valence-electron chi connectivity index (χ0n) is 14.2. The number of hydrogen-bond acceptors (Lipinski definition) is 9. The van der Waals surface area contributed by atoms with Crippen LogP contribution in [-0.4, -0.2) is 85.2 Å². The lowest BCUT2D eigenvalue weighted by atomic mass is 10.3. The first-order chi connectivity index (χ1) is 11.4. The molecule has 2 unspecified atom stereocenters. The summed E-state index contributed by atoms with van der Waals surface area (Å²) in [6.45, 7) is 2.61. The second kappa shape index (κ2) is 14.1. The van der Waals surface area contributed by atoms with Gasteiger partial charge in [0.15, 0.2) is 0 Å². The minimum Gasteiger partial charge on any atom is -0.463 e. The van der Waals surface area contributed by atoms with Crippen LogP contribution in [0, 0.1) is 0 Å². The van der Waals surface area contributed by atoms with E-state index in [2.05, 4.69) is 0 Å². The lowest BCUT2D eigenvalue weighted by Crippen LogP contribution is -2.30. The number of ether oxygens (including phenoxy) is 4. The fourth-order valence-corrected chi connectivity index (χ4v) is 1.41. The van der Waals surface area contributed by atoms with E-state index in [-0.39, 0.29) is 52.5 Å². The van der Waals surface area contributed by atoms with Gasteiger partial charge in [-0.2, -0.15) is 0 Å². The number of rotatable bonds is 14. The van der Waals surface area contributed by atoms with Crippen LogP contribution in [0.3, 0.4) is 0 Å². The van der Waals surface area contributed by atoms with Crippen molar-refractivity contribution >= 4 is 11.9 Å². The fourth-order valence-electron chi connectivity index (χ4n) is 1.41. The highest BCUT2D eigenvalue weighted by Gasteiger charge is 2.12. The van der Waals surface area contributed by atoms with Gasteiger partial charge in [-0.25, -0.2) is 0 Å². The van der Waals surface area contributed by atoms with Crippen molar-refractivity contribution in [2.45, 2.75) is 45.0 Å². The Morgan fingerprint density at radius 2 is 0.958 bits per heavy atom. The first-order valence-electron chi connectivity index (χ1n) is 7.89. The van der Waals surface area contributed by atoms with Crippen molar-refractivity contribution in [3.63, 3.8) is 0 Å². The quantitative estimate of drug-likeness (QED) is 0.337. The van der Waals surface area contributed by atoms with Gasteiger partial charge in [0.05, 0.1) is 26.4 Å². The fraction of sp³-hybridized carbons (Fsp3) is 0.867. The molecular weight excluding hydrogens is 324 g/mol. The van der Waals surface area contributed by atoms with Crippen molar-refractivity contribution in [3.8, 4) is 0 Å². The van der Waals surface area contributed by atoms with E-state index in [9.17, 15) is 24.9 Å². The molecule has 0 amide bonds. The number of hydrogen-bond donors (Lipinski definition) is 3. The highest BCUT2D eigenvalue weighted by molar-refractivity contribution is 5.69. The molecule has 0 aliphatic heterocycles. The molecule has 0 saturated carbocycles. The van der Waals surface area contributed by atoms with Crippen LogP contribution in [0.4, 0.5) is 0 Å². The first-order valence-corrected chi connectivity index (χ1v) is 7.89. The summed E-state index contributed by atoms with van der Waals surface area (Å²) in [5.41, 5.74) is 0. The Labute approximate surface area is 141 Å². The molecule has 9 nitrogen and oxygen atoms in total. The third-order valence-electron chi connectivity index (χ3n) is 2.69. The van der Waals surface area contributed by atoms with E-state index < -0.39 is 30.3 Å². The standard InChI is InChI=1S/C15H28O9/c1-3-14(19)23-9-12(17)7-21-5-11(16)6-22-8-13(18)10-24-15(20)4-2/h11-13,16-18H,3-10H2,1-2H3. The molecule has 0 heterocycles. The number of esters is 2. The summed E-state index contributed by atoms with van der Waals surface area (Å²) in [6.07, 6.45) is -2.42. The van der Waals surface area contributed by atoms with Crippen molar-refractivity contribution in [2.24, 2.45) is 0 Å². The predicted molar refractivity (Wildman–Crippen MR) is 82.2 cm³/mol. The summed E-state index contributed by atoms with van der Waals surface area (Å²) in [4.78, 5) is 21.8. The van der Waals surface area contributed by atoms with Gasteiger partial charge in [-0.1, -0.05) is 13.8 Å². The van der Waals surface area contributed by atoms with Crippen LogP contribution < -0.4 is 0 Å². The molecule has 9 heteroatoms. The van der Waals surface area contributed by atoms with Gasteiger partial charge in [0.2, 0.25) is 0 Å². The minimum absolute atomic E-state index is 0.0836. The highest BCUT2D eigenvalue weighted by Crippen LogP contribution is 1.95. The Morgan fingerprint density at radius 1 is 0.667 bits per heavy atom. The average molecular weight is 352 g/mol. The monoisotopic (exact) mass is 352 g/mol. The van der Waals surface area contributed by atoms with Gasteiger partial charge >= 0.3 is 11.9 Å². The van der Waals surface area contributed by atoms with Gasteiger partial charge in [0.1, 0.15) is 31.5 Å². The predicted octanol–water partition coefficient (Wildman–Crippen LogP) is -0.991. The summed E-state index contributed by atoms with van der Waals surface area (Å²) < 4.78 is 19.6. The molecule has 0 aromatic heterocycles. The van der Waals surface area contributed by atoms with Gasteiger partial charge in [0.25, 0.3) is 0 Å². The Balaban J connectivity index is 3.60. The smallest absolute Gasteiger partial charge is 0.305 e. The van der Waals surface area contributed by atoms with Gasteiger partial charge in [-0.05, 0) is 0 Å². The lowest BCUT2D eigenvalue weighted by molar-refractivity contribution is -0.147. The summed E-state index contributed by atoms with van der Waals surface area (Å²) in [6, 6.07) is 0. The maximum absolute atomic E-state index is 10.9. The number of carbonyl (C=O) groups is 2. The minimum atomic E-state index is -0.969. The van der Waals surface area contributed by atoms with Crippen molar-refractivity contribution in [1.82, 2.24) is 0 Å². The van der Waals surface area contributed by atoms with Crippen LogP contribution in [0.25, 0.3) is 0 Å². The molecule has 0 aromatic rings. The molecular formula is C15H28O9. The van der Waals surface area contributed by atoms with Crippen LogP contribution in [0.5, 0.6) is 0 Å². The molecule has 0 saturated heterocycles. The third-order valence-corrected chi connectivity index (χ3v) is 2.69. The SMILES string of the molecule is CCC(=O)OCC(O)COCC(O)COCC(O)COC(=O)CC. The van der Waals surface area contributed by atoms with Crippen LogP contribution in [0.2, 0.25) is 0 Å². The topological polar surface area (TPSA) is 132 Å². The van der Waals surface area contributed by atoms with Gasteiger partial charge in [0, 0.05) is 12.8 Å². The summed E-state index contributed by atoms with van der Waals surface area (Å²) in [5, 5.41) is 28.6. The Morgan fingerprint density at radius 3 is 1.25 bits per heavy atom. The zero-order chi connectivity index (χ0) is 18.4. The largest absolute Gasteiger partial charge is 0.463 e. The molecule has 2 atom stereocenters. The van der Waals surface area contributed by atoms with Gasteiger partial charge in [-0.3, -0.25) is 9.59 Å². The Kier molecular flexibility index (Phi) is 13.4. The maximum Gasteiger partial charge on any atom is 0.305 e. The van der Waals surface area contributed by atoms with E-state index in [0.717, 1.165) is 0 Å². The summed E-state index contributed by atoms with van der Waals surface area (Å²) in [5.74, 6) is -0.823. The average Bonchev–Trinajstić information content (AvgIpc) is 2.57. The molecule has 3 N–H and O–H groups in total. The van der Waals surface area contributed by atoms with E-state index in [4.69, 9.17) is 18.9 Å². The molecule has 0 spiro atoms. The van der Waals surface area contributed by atoms with E-state index in [1.807, 2.05) is 0 Å². The Bertz CT molecular complexity index is 316. The second-order valence-corrected chi connectivity index (χ2v) is 5.11. The van der Waals surface area contributed by atoms with Gasteiger partial charge in [-0.15, -0.1) is 0 Å². The zero-order valence-corrected chi connectivity index (χ0v) is 14.2. The molecule has 0 rings (SSSR count). The normalized spacial score (nSPS) is 14.7.